The van der Waals surface area contributed by atoms with Crippen molar-refractivity contribution in [3.05, 3.63) is 65.7 Å². The maximum Gasteiger partial charge on any atom is 0.410 e. The van der Waals surface area contributed by atoms with Crippen LogP contribution in [0.2, 0.25) is 0 Å². The summed E-state index contributed by atoms with van der Waals surface area (Å²) < 4.78 is 5.36. The first-order valence-electron chi connectivity index (χ1n) is 9.21. The van der Waals surface area contributed by atoms with Gasteiger partial charge in [-0.3, -0.25) is 4.79 Å². The van der Waals surface area contributed by atoms with E-state index >= 15 is 0 Å². The number of amides is 2. The highest BCUT2D eigenvalue weighted by molar-refractivity contribution is 5.92. The number of carbonyl (C=O) groups is 2. The van der Waals surface area contributed by atoms with Crippen molar-refractivity contribution in [3.8, 4) is 0 Å². The summed E-state index contributed by atoms with van der Waals surface area (Å²) in [7, 11) is 0. The zero-order valence-electron chi connectivity index (χ0n) is 15.3. The maximum atomic E-state index is 12.5. The standard InChI is InChI=1S/C21H25N3O3/c22-14-17-7-4-8-19(13-17)23-20(25)18-9-11-24(12-10-18)21(26)27-15-16-5-2-1-3-6-16/h1-8,13,18H,9-12,14-15,22H2,(H,23,25). The van der Waals surface area contributed by atoms with E-state index in [1.165, 1.54) is 0 Å². The number of piperidine rings is 1. The highest BCUT2D eigenvalue weighted by atomic mass is 16.6. The number of rotatable bonds is 5. The quantitative estimate of drug-likeness (QED) is 0.850. The summed E-state index contributed by atoms with van der Waals surface area (Å²) in [6.07, 6.45) is 0.930. The average molecular weight is 367 g/mol. The summed E-state index contributed by atoms with van der Waals surface area (Å²) in [5.74, 6) is -0.119. The van der Waals surface area contributed by atoms with Gasteiger partial charge >= 0.3 is 6.09 Å². The molecule has 1 fully saturated rings. The fraction of sp³-hybridized carbons (Fsp3) is 0.333. The summed E-state index contributed by atoms with van der Waals surface area (Å²) in [5, 5.41) is 2.95. The molecule has 0 radical (unpaired) electrons. The van der Waals surface area contributed by atoms with Gasteiger partial charge in [-0.25, -0.2) is 4.79 Å². The van der Waals surface area contributed by atoms with Gasteiger partial charge in [0.1, 0.15) is 6.61 Å². The van der Waals surface area contributed by atoms with Gasteiger partial charge in [-0.1, -0.05) is 42.5 Å². The number of likely N-dealkylation sites (tertiary alicyclic amines) is 1. The molecule has 0 aliphatic carbocycles. The van der Waals surface area contributed by atoms with Crippen LogP contribution in [-0.4, -0.2) is 30.0 Å². The number of ether oxygens (including phenoxy) is 1. The monoisotopic (exact) mass is 367 g/mol. The van der Waals surface area contributed by atoms with E-state index < -0.39 is 0 Å². The molecule has 2 amide bonds. The number of nitrogens with zero attached hydrogens (tertiary/aromatic N) is 1. The predicted octanol–water partition coefficient (Wildman–Crippen LogP) is 3.13. The number of nitrogens with two attached hydrogens (primary N) is 1. The number of hydrogen-bond acceptors (Lipinski definition) is 4. The predicted molar refractivity (Wildman–Crippen MR) is 104 cm³/mol. The van der Waals surface area contributed by atoms with Crippen molar-refractivity contribution < 1.29 is 14.3 Å². The highest BCUT2D eigenvalue weighted by Crippen LogP contribution is 2.21. The molecule has 6 nitrogen and oxygen atoms in total. The van der Waals surface area contributed by atoms with Crippen LogP contribution in [0.4, 0.5) is 10.5 Å². The Labute approximate surface area is 159 Å². The van der Waals surface area contributed by atoms with Crippen LogP contribution in [0.15, 0.2) is 54.6 Å². The van der Waals surface area contributed by atoms with Crippen LogP contribution in [0.5, 0.6) is 0 Å². The highest BCUT2D eigenvalue weighted by Gasteiger charge is 2.28. The summed E-state index contributed by atoms with van der Waals surface area (Å²) in [4.78, 5) is 26.3. The molecule has 0 saturated carbocycles. The van der Waals surface area contributed by atoms with E-state index in [1.807, 2.05) is 54.6 Å². The molecule has 27 heavy (non-hydrogen) atoms. The van der Waals surface area contributed by atoms with E-state index in [0.717, 1.165) is 16.8 Å². The van der Waals surface area contributed by atoms with Gasteiger partial charge in [0.15, 0.2) is 0 Å². The van der Waals surface area contributed by atoms with Crippen LogP contribution in [-0.2, 0) is 22.7 Å². The maximum absolute atomic E-state index is 12.5. The van der Waals surface area contributed by atoms with E-state index in [2.05, 4.69) is 5.32 Å². The molecule has 0 aromatic heterocycles. The van der Waals surface area contributed by atoms with Crippen LogP contribution in [0.3, 0.4) is 0 Å². The van der Waals surface area contributed by atoms with Crippen LogP contribution < -0.4 is 11.1 Å². The Morgan fingerprint density at radius 2 is 1.74 bits per heavy atom. The summed E-state index contributed by atoms with van der Waals surface area (Å²) in [5.41, 5.74) is 8.33. The third-order valence-electron chi connectivity index (χ3n) is 4.76. The van der Waals surface area contributed by atoms with Gasteiger partial charge < -0.3 is 20.7 Å². The molecule has 1 aliphatic heterocycles. The Kier molecular flexibility index (Phi) is 6.44. The molecule has 2 aromatic rings. The lowest BCUT2D eigenvalue weighted by Crippen LogP contribution is -2.41. The van der Waals surface area contributed by atoms with Crippen molar-refractivity contribution in [2.45, 2.75) is 26.0 Å². The molecule has 142 valence electrons. The Balaban J connectivity index is 1.45. The minimum Gasteiger partial charge on any atom is -0.445 e. The Bertz CT molecular complexity index is 771. The lowest BCUT2D eigenvalue weighted by Gasteiger charge is -2.30. The smallest absolute Gasteiger partial charge is 0.410 e. The van der Waals surface area contributed by atoms with Crippen molar-refractivity contribution in [3.63, 3.8) is 0 Å². The SMILES string of the molecule is NCc1cccc(NC(=O)C2CCN(C(=O)OCc3ccccc3)CC2)c1. The Hall–Kier alpha value is -2.86. The zero-order chi connectivity index (χ0) is 19.1. The van der Waals surface area contributed by atoms with Crippen LogP contribution in [0.25, 0.3) is 0 Å². The molecule has 1 heterocycles. The zero-order valence-corrected chi connectivity index (χ0v) is 15.3. The van der Waals surface area contributed by atoms with Crippen molar-refractivity contribution in [2.24, 2.45) is 11.7 Å². The molecule has 1 aliphatic rings. The number of anilines is 1. The molecule has 0 spiro atoms. The fourth-order valence-electron chi connectivity index (χ4n) is 3.16. The first kappa shape index (κ1) is 18.9. The molecule has 0 bridgehead atoms. The van der Waals surface area contributed by atoms with Crippen molar-refractivity contribution >= 4 is 17.7 Å². The van der Waals surface area contributed by atoms with Gasteiger partial charge in [-0.2, -0.15) is 0 Å². The average Bonchev–Trinajstić information content (AvgIpc) is 2.73. The first-order valence-corrected chi connectivity index (χ1v) is 9.21. The van der Waals surface area contributed by atoms with E-state index in [1.54, 1.807) is 4.90 Å². The van der Waals surface area contributed by atoms with Gasteiger partial charge in [0, 0.05) is 31.2 Å². The third-order valence-corrected chi connectivity index (χ3v) is 4.76. The third kappa shape index (κ3) is 5.31. The number of carbonyl (C=O) groups excluding carboxylic acids is 2. The van der Waals surface area contributed by atoms with Crippen molar-refractivity contribution in [1.82, 2.24) is 4.90 Å². The van der Waals surface area contributed by atoms with Gasteiger partial charge in [0.25, 0.3) is 0 Å². The molecule has 3 rings (SSSR count). The summed E-state index contributed by atoms with van der Waals surface area (Å²) in [6, 6.07) is 17.1. The van der Waals surface area contributed by atoms with Crippen molar-refractivity contribution in [1.29, 1.82) is 0 Å². The second-order valence-electron chi connectivity index (χ2n) is 6.70. The molecule has 6 heteroatoms. The minimum atomic E-state index is -0.326. The lowest BCUT2D eigenvalue weighted by molar-refractivity contribution is -0.121. The number of hydrogen-bond donors (Lipinski definition) is 2. The number of benzene rings is 2. The second-order valence-corrected chi connectivity index (χ2v) is 6.70. The van der Waals surface area contributed by atoms with E-state index in [9.17, 15) is 9.59 Å². The van der Waals surface area contributed by atoms with E-state index in [-0.39, 0.29) is 24.5 Å². The second kappa shape index (κ2) is 9.19. The Morgan fingerprint density at radius 3 is 2.44 bits per heavy atom. The minimum absolute atomic E-state index is 0.0125. The van der Waals surface area contributed by atoms with Gasteiger partial charge in [0.05, 0.1) is 0 Å². The van der Waals surface area contributed by atoms with Gasteiger partial charge in [-0.05, 0) is 36.1 Å². The molecule has 0 atom stereocenters. The van der Waals surface area contributed by atoms with Crippen LogP contribution >= 0.6 is 0 Å². The largest absolute Gasteiger partial charge is 0.445 e. The van der Waals surface area contributed by atoms with Crippen LogP contribution in [0.1, 0.15) is 24.0 Å². The Morgan fingerprint density at radius 1 is 1.04 bits per heavy atom. The normalized spacial score (nSPS) is 14.6. The van der Waals surface area contributed by atoms with Gasteiger partial charge in [0.2, 0.25) is 5.91 Å². The molecule has 3 N–H and O–H groups in total. The molecule has 0 unspecified atom stereocenters. The van der Waals surface area contributed by atoms with E-state index in [4.69, 9.17) is 10.5 Å². The molecule has 1 saturated heterocycles. The lowest BCUT2D eigenvalue weighted by atomic mass is 9.96. The topological polar surface area (TPSA) is 84.7 Å². The first-order chi connectivity index (χ1) is 13.2. The summed E-state index contributed by atoms with van der Waals surface area (Å²) >= 11 is 0. The summed E-state index contributed by atoms with van der Waals surface area (Å²) in [6.45, 7) is 1.74. The number of nitrogens with one attached hydrogen (secondary N) is 1. The van der Waals surface area contributed by atoms with Crippen molar-refractivity contribution in [2.75, 3.05) is 18.4 Å². The molecule has 2 aromatic carbocycles. The van der Waals surface area contributed by atoms with E-state index in [0.29, 0.717) is 32.5 Å². The molecular weight excluding hydrogens is 342 g/mol. The van der Waals surface area contributed by atoms with Gasteiger partial charge in [-0.15, -0.1) is 0 Å². The van der Waals surface area contributed by atoms with Crippen LogP contribution in [0, 0.1) is 5.92 Å². The fourth-order valence-corrected chi connectivity index (χ4v) is 3.16. The molecular formula is C21H25N3O3.